The molecule has 0 fully saturated rings. The standard InChI is InChI=1S/C27H18Br2F3N5OS/c1-37-25(16-6-9-18(10-7-16)38-27(30,31)32)20-12-8-17-13-15(5-11-19(17)23(20)36-37)14-33-35-26(39)34-24-21(28)3-2-4-22(24)29/h2-14H,1H3,(H2,34,35,39). The van der Waals surface area contributed by atoms with Gasteiger partial charge in [0.15, 0.2) is 5.11 Å². The molecular formula is C27H18Br2F3N5OS. The molecule has 12 heteroatoms. The summed E-state index contributed by atoms with van der Waals surface area (Å²) in [6.07, 6.45) is -3.07. The van der Waals surface area contributed by atoms with E-state index in [-0.39, 0.29) is 5.75 Å². The van der Waals surface area contributed by atoms with Gasteiger partial charge in [-0.05, 0) is 104 Å². The summed E-state index contributed by atoms with van der Waals surface area (Å²) in [6, 6.07) is 21.3. The Kier molecular flexibility index (Phi) is 7.61. The van der Waals surface area contributed by atoms with Gasteiger partial charge in [0.05, 0.1) is 17.6 Å². The zero-order chi connectivity index (χ0) is 27.7. The van der Waals surface area contributed by atoms with Crippen molar-refractivity contribution in [3.8, 4) is 17.0 Å². The molecule has 1 aromatic heterocycles. The second kappa shape index (κ2) is 10.9. The van der Waals surface area contributed by atoms with E-state index in [9.17, 15) is 13.2 Å². The predicted octanol–water partition coefficient (Wildman–Crippen LogP) is 8.14. The number of halogens is 5. The Bertz CT molecular complexity index is 1720. The number of fused-ring (bicyclic) bond motifs is 3. The Hall–Kier alpha value is -3.48. The average molecular weight is 677 g/mol. The zero-order valence-corrected chi connectivity index (χ0v) is 24.0. The van der Waals surface area contributed by atoms with Gasteiger partial charge in [0.25, 0.3) is 0 Å². The lowest BCUT2D eigenvalue weighted by atomic mass is 10.0. The summed E-state index contributed by atoms with van der Waals surface area (Å²) >= 11 is 12.3. The minimum Gasteiger partial charge on any atom is -0.406 e. The second-order valence-electron chi connectivity index (χ2n) is 8.41. The first-order valence-electron chi connectivity index (χ1n) is 11.4. The van der Waals surface area contributed by atoms with E-state index < -0.39 is 6.36 Å². The molecule has 0 unspecified atom stereocenters. The topological polar surface area (TPSA) is 63.5 Å². The van der Waals surface area contributed by atoms with Crippen molar-refractivity contribution in [2.75, 3.05) is 5.32 Å². The predicted molar refractivity (Wildman–Crippen MR) is 159 cm³/mol. The Morgan fingerprint density at radius 3 is 2.38 bits per heavy atom. The second-order valence-corrected chi connectivity index (χ2v) is 10.5. The molecule has 0 spiro atoms. The van der Waals surface area contributed by atoms with E-state index >= 15 is 0 Å². The van der Waals surface area contributed by atoms with E-state index in [0.717, 1.165) is 53.1 Å². The maximum atomic E-state index is 12.5. The number of aromatic nitrogens is 2. The van der Waals surface area contributed by atoms with E-state index in [1.807, 2.05) is 48.5 Å². The molecule has 0 amide bonds. The van der Waals surface area contributed by atoms with Crippen molar-refractivity contribution in [3.05, 3.63) is 87.3 Å². The highest BCUT2D eigenvalue weighted by atomic mass is 79.9. The lowest BCUT2D eigenvalue weighted by Crippen LogP contribution is -2.24. The molecule has 0 bridgehead atoms. The number of thiocarbonyl (C=S) groups is 1. The maximum absolute atomic E-state index is 12.5. The van der Waals surface area contributed by atoms with E-state index in [2.05, 4.69) is 52.4 Å². The smallest absolute Gasteiger partial charge is 0.406 e. The normalized spacial score (nSPS) is 11.8. The van der Waals surface area contributed by atoms with Gasteiger partial charge in [0.2, 0.25) is 0 Å². The molecule has 0 atom stereocenters. The summed E-state index contributed by atoms with van der Waals surface area (Å²) in [6.45, 7) is 0. The van der Waals surface area contributed by atoms with Crippen LogP contribution in [0.5, 0.6) is 5.75 Å². The van der Waals surface area contributed by atoms with Crippen molar-refractivity contribution in [2.45, 2.75) is 6.36 Å². The molecule has 0 radical (unpaired) electrons. The van der Waals surface area contributed by atoms with Crippen molar-refractivity contribution in [1.82, 2.24) is 15.2 Å². The van der Waals surface area contributed by atoms with E-state index in [4.69, 9.17) is 17.3 Å². The van der Waals surface area contributed by atoms with Crippen LogP contribution in [0, 0.1) is 0 Å². The number of aryl methyl sites for hydroxylation is 1. The molecule has 39 heavy (non-hydrogen) atoms. The molecular weight excluding hydrogens is 659 g/mol. The number of alkyl halides is 3. The molecule has 5 rings (SSSR count). The van der Waals surface area contributed by atoms with Gasteiger partial charge < -0.3 is 10.1 Å². The first-order valence-corrected chi connectivity index (χ1v) is 13.4. The first-order chi connectivity index (χ1) is 18.6. The number of ether oxygens (including phenoxy) is 1. The van der Waals surface area contributed by atoms with Crippen molar-refractivity contribution >= 4 is 82.8 Å². The van der Waals surface area contributed by atoms with Gasteiger partial charge >= 0.3 is 6.36 Å². The van der Waals surface area contributed by atoms with Gasteiger partial charge in [-0.3, -0.25) is 10.1 Å². The summed E-state index contributed by atoms with van der Waals surface area (Å²) in [5.74, 6) is -0.274. The quantitative estimate of drug-likeness (QED) is 0.112. The van der Waals surface area contributed by atoms with Crippen LogP contribution in [0.25, 0.3) is 32.9 Å². The summed E-state index contributed by atoms with van der Waals surface area (Å²) in [5.41, 5.74) is 6.77. The Morgan fingerprint density at radius 1 is 1.00 bits per heavy atom. The fourth-order valence-corrected chi connectivity index (χ4v) is 5.52. The SMILES string of the molecule is Cn1nc2c(ccc3cc(C=NNC(=S)Nc4c(Br)cccc4Br)ccc32)c1-c1ccc(OC(F)(F)F)cc1. The number of para-hydroxylation sites is 1. The molecule has 4 aromatic carbocycles. The fraction of sp³-hybridized carbons (Fsp3) is 0.0741. The van der Waals surface area contributed by atoms with Crippen LogP contribution >= 0.6 is 44.1 Å². The maximum Gasteiger partial charge on any atom is 0.573 e. The number of nitrogens with one attached hydrogen (secondary N) is 2. The highest BCUT2D eigenvalue weighted by Crippen LogP contribution is 2.34. The Balaban J connectivity index is 1.36. The van der Waals surface area contributed by atoms with Gasteiger partial charge in [0, 0.05) is 32.3 Å². The number of hydrogen-bond acceptors (Lipinski definition) is 4. The minimum absolute atomic E-state index is 0.274. The van der Waals surface area contributed by atoms with Crippen LogP contribution in [-0.2, 0) is 7.05 Å². The largest absolute Gasteiger partial charge is 0.573 e. The van der Waals surface area contributed by atoms with E-state index in [0.29, 0.717) is 5.11 Å². The van der Waals surface area contributed by atoms with Crippen LogP contribution < -0.4 is 15.5 Å². The van der Waals surface area contributed by atoms with Gasteiger partial charge in [0.1, 0.15) is 11.3 Å². The number of hydrogen-bond donors (Lipinski definition) is 2. The first kappa shape index (κ1) is 27.1. The monoisotopic (exact) mass is 675 g/mol. The number of hydrazone groups is 1. The Labute approximate surface area is 243 Å². The van der Waals surface area contributed by atoms with Crippen molar-refractivity contribution in [1.29, 1.82) is 0 Å². The molecule has 0 saturated heterocycles. The molecule has 0 aliphatic carbocycles. The zero-order valence-electron chi connectivity index (χ0n) is 20.1. The highest BCUT2D eigenvalue weighted by Gasteiger charge is 2.31. The highest BCUT2D eigenvalue weighted by molar-refractivity contribution is 9.11. The third-order valence-electron chi connectivity index (χ3n) is 5.79. The molecule has 0 aliphatic heterocycles. The van der Waals surface area contributed by atoms with Crippen LogP contribution in [0.1, 0.15) is 5.56 Å². The van der Waals surface area contributed by atoms with E-state index in [1.165, 1.54) is 12.1 Å². The Morgan fingerprint density at radius 2 is 1.69 bits per heavy atom. The summed E-state index contributed by atoms with van der Waals surface area (Å²) in [7, 11) is 1.80. The third-order valence-corrected chi connectivity index (χ3v) is 7.30. The van der Waals surface area contributed by atoms with Crippen LogP contribution in [0.3, 0.4) is 0 Å². The number of rotatable bonds is 5. The lowest BCUT2D eigenvalue weighted by molar-refractivity contribution is -0.274. The molecule has 5 aromatic rings. The minimum atomic E-state index is -4.74. The number of nitrogens with zero attached hydrogens (tertiary/aromatic N) is 3. The van der Waals surface area contributed by atoms with Gasteiger partial charge in [-0.2, -0.15) is 10.2 Å². The molecule has 6 nitrogen and oxygen atoms in total. The molecule has 1 heterocycles. The van der Waals surface area contributed by atoms with Crippen LogP contribution in [0.15, 0.2) is 86.8 Å². The molecule has 2 N–H and O–H groups in total. The summed E-state index contributed by atoms with van der Waals surface area (Å²) < 4.78 is 45.0. The van der Waals surface area contributed by atoms with E-state index in [1.54, 1.807) is 30.1 Å². The van der Waals surface area contributed by atoms with Crippen LogP contribution in [-0.4, -0.2) is 27.5 Å². The van der Waals surface area contributed by atoms with Crippen molar-refractivity contribution < 1.29 is 17.9 Å². The fourth-order valence-electron chi connectivity index (χ4n) is 4.17. The van der Waals surface area contributed by atoms with Crippen molar-refractivity contribution in [2.24, 2.45) is 12.1 Å². The average Bonchev–Trinajstić information content (AvgIpc) is 3.22. The summed E-state index contributed by atoms with van der Waals surface area (Å²) in [4.78, 5) is 0. The summed E-state index contributed by atoms with van der Waals surface area (Å²) in [5, 5.41) is 15.1. The number of anilines is 1. The van der Waals surface area contributed by atoms with Gasteiger partial charge in [-0.15, -0.1) is 13.2 Å². The number of benzene rings is 4. The molecule has 0 saturated carbocycles. The molecule has 0 aliphatic rings. The van der Waals surface area contributed by atoms with Gasteiger partial charge in [-0.25, -0.2) is 0 Å². The van der Waals surface area contributed by atoms with Crippen molar-refractivity contribution in [3.63, 3.8) is 0 Å². The molecule has 198 valence electrons. The van der Waals surface area contributed by atoms with Gasteiger partial charge in [-0.1, -0.05) is 24.3 Å². The van der Waals surface area contributed by atoms with Crippen LogP contribution in [0.4, 0.5) is 18.9 Å². The lowest BCUT2D eigenvalue weighted by Gasteiger charge is -2.10. The third kappa shape index (κ3) is 6.07. The van der Waals surface area contributed by atoms with Crippen LogP contribution in [0.2, 0.25) is 0 Å².